The van der Waals surface area contributed by atoms with Crippen LogP contribution < -0.4 is 0 Å². The van der Waals surface area contributed by atoms with E-state index in [2.05, 4.69) is 56.0 Å². The van der Waals surface area contributed by atoms with Gasteiger partial charge in [-0.05, 0) is 78.3 Å². The minimum Gasteiger partial charge on any atom is -0.206 e. The van der Waals surface area contributed by atoms with Crippen molar-refractivity contribution in [3.63, 3.8) is 0 Å². The molecule has 1 aliphatic rings. The average Bonchev–Trinajstić information content (AvgIpc) is 2.87. The standard InChI is InChI=1S/C33H39F/c1-3-5-7-26-10-14-27(15-11-26)16-17-29-19-23-32-31(24-29)22-21-30(33(32)34)20-18-28-12-8-25(6-4-2)9-13-28/h10-11,14-15,19,21-25,28H,3-9,12-13,18,20H2,1-2H3. The Kier molecular flexibility index (Phi) is 8.81. The monoisotopic (exact) mass is 454 g/mol. The van der Waals surface area contributed by atoms with Crippen molar-refractivity contribution in [2.45, 2.75) is 84.5 Å². The summed E-state index contributed by atoms with van der Waals surface area (Å²) >= 11 is 0. The van der Waals surface area contributed by atoms with Gasteiger partial charge in [0.25, 0.3) is 0 Å². The minimum atomic E-state index is -0.0423. The summed E-state index contributed by atoms with van der Waals surface area (Å²) in [6.07, 6.45) is 13.6. The Hall–Kier alpha value is -2.59. The number of aryl methyl sites for hydroxylation is 2. The van der Waals surface area contributed by atoms with E-state index in [1.165, 1.54) is 56.9 Å². The van der Waals surface area contributed by atoms with Gasteiger partial charge in [0, 0.05) is 16.5 Å². The van der Waals surface area contributed by atoms with Gasteiger partial charge in [-0.3, -0.25) is 0 Å². The molecule has 1 aliphatic carbocycles. The predicted molar refractivity (Wildman–Crippen MR) is 144 cm³/mol. The van der Waals surface area contributed by atoms with Crippen molar-refractivity contribution in [1.82, 2.24) is 0 Å². The molecule has 1 saturated carbocycles. The quantitative estimate of drug-likeness (QED) is 0.297. The van der Waals surface area contributed by atoms with Gasteiger partial charge in [-0.15, -0.1) is 0 Å². The van der Waals surface area contributed by atoms with Crippen LogP contribution in [0.3, 0.4) is 0 Å². The molecular weight excluding hydrogens is 415 g/mol. The molecule has 4 rings (SSSR count). The second kappa shape index (κ2) is 12.2. The van der Waals surface area contributed by atoms with Crippen LogP contribution in [0.25, 0.3) is 10.8 Å². The number of hydrogen-bond acceptors (Lipinski definition) is 0. The third-order valence-electron chi connectivity index (χ3n) is 7.64. The maximum absolute atomic E-state index is 15.3. The molecule has 0 unspecified atom stereocenters. The van der Waals surface area contributed by atoms with E-state index in [0.29, 0.717) is 0 Å². The summed E-state index contributed by atoms with van der Waals surface area (Å²) in [6.45, 7) is 4.51. The van der Waals surface area contributed by atoms with Crippen LogP contribution in [0.15, 0.2) is 54.6 Å². The predicted octanol–water partition coefficient (Wildman–Crippen LogP) is 9.26. The maximum Gasteiger partial charge on any atom is 0.134 e. The average molecular weight is 455 g/mol. The number of hydrogen-bond donors (Lipinski definition) is 0. The third-order valence-corrected chi connectivity index (χ3v) is 7.64. The Morgan fingerprint density at radius 1 is 0.735 bits per heavy atom. The zero-order valence-electron chi connectivity index (χ0n) is 21.0. The van der Waals surface area contributed by atoms with Gasteiger partial charge in [-0.25, -0.2) is 4.39 Å². The molecule has 0 amide bonds. The lowest BCUT2D eigenvalue weighted by Gasteiger charge is -2.28. The van der Waals surface area contributed by atoms with Crippen LogP contribution in [0.4, 0.5) is 4.39 Å². The Bertz CT molecular complexity index is 1120. The van der Waals surface area contributed by atoms with Crippen molar-refractivity contribution in [3.8, 4) is 11.8 Å². The molecule has 0 atom stereocenters. The van der Waals surface area contributed by atoms with Crippen molar-refractivity contribution in [2.24, 2.45) is 11.8 Å². The van der Waals surface area contributed by atoms with Crippen molar-refractivity contribution >= 4 is 10.8 Å². The SMILES string of the molecule is CCCCc1ccc(C#Cc2ccc3c(F)c(CCC4CCC(CCC)CC4)ccc3c2)cc1. The van der Waals surface area contributed by atoms with Gasteiger partial charge in [0.1, 0.15) is 5.82 Å². The normalized spacial score (nSPS) is 18.0. The van der Waals surface area contributed by atoms with E-state index in [1.807, 2.05) is 24.3 Å². The molecule has 0 heterocycles. The fraction of sp³-hybridized carbons (Fsp3) is 0.455. The highest BCUT2D eigenvalue weighted by Gasteiger charge is 2.21. The third kappa shape index (κ3) is 6.50. The Morgan fingerprint density at radius 3 is 2.12 bits per heavy atom. The molecule has 0 aliphatic heterocycles. The Morgan fingerprint density at radius 2 is 1.41 bits per heavy atom. The van der Waals surface area contributed by atoms with Crippen LogP contribution in [-0.2, 0) is 12.8 Å². The molecule has 1 heteroatoms. The van der Waals surface area contributed by atoms with E-state index in [0.717, 1.165) is 58.6 Å². The van der Waals surface area contributed by atoms with Crippen molar-refractivity contribution in [3.05, 3.63) is 82.7 Å². The number of rotatable bonds is 8. The summed E-state index contributed by atoms with van der Waals surface area (Å²) in [5.74, 6) is 8.17. The van der Waals surface area contributed by atoms with Crippen molar-refractivity contribution in [2.75, 3.05) is 0 Å². The van der Waals surface area contributed by atoms with E-state index in [1.54, 1.807) is 0 Å². The topological polar surface area (TPSA) is 0 Å². The molecule has 0 saturated heterocycles. The molecule has 3 aromatic rings. The number of halogens is 1. The molecule has 0 aromatic heterocycles. The molecule has 178 valence electrons. The molecule has 1 fully saturated rings. The smallest absolute Gasteiger partial charge is 0.134 e. The van der Waals surface area contributed by atoms with Crippen LogP contribution >= 0.6 is 0 Å². The summed E-state index contributed by atoms with van der Waals surface area (Å²) in [4.78, 5) is 0. The van der Waals surface area contributed by atoms with Crippen LogP contribution in [0.1, 0.15) is 93.9 Å². The van der Waals surface area contributed by atoms with E-state index in [4.69, 9.17) is 0 Å². The van der Waals surface area contributed by atoms with Crippen LogP contribution in [0.5, 0.6) is 0 Å². The highest BCUT2D eigenvalue weighted by Crippen LogP contribution is 2.34. The largest absolute Gasteiger partial charge is 0.206 e. The van der Waals surface area contributed by atoms with E-state index >= 15 is 4.39 Å². The van der Waals surface area contributed by atoms with Gasteiger partial charge < -0.3 is 0 Å². The van der Waals surface area contributed by atoms with Crippen LogP contribution in [0, 0.1) is 29.5 Å². The second-order valence-electron chi connectivity index (χ2n) is 10.2. The molecule has 3 aromatic carbocycles. The fourth-order valence-electron chi connectivity index (χ4n) is 5.46. The summed E-state index contributed by atoms with van der Waals surface area (Å²) in [5.41, 5.74) is 4.18. The highest BCUT2D eigenvalue weighted by molar-refractivity contribution is 5.85. The first-order valence-electron chi connectivity index (χ1n) is 13.5. The van der Waals surface area contributed by atoms with Gasteiger partial charge in [0.05, 0.1) is 0 Å². The van der Waals surface area contributed by atoms with Gasteiger partial charge in [0.2, 0.25) is 0 Å². The maximum atomic E-state index is 15.3. The van der Waals surface area contributed by atoms with Gasteiger partial charge in [-0.2, -0.15) is 0 Å². The van der Waals surface area contributed by atoms with Gasteiger partial charge in [0.15, 0.2) is 0 Å². The Labute approximate surface area is 206 Å². The lowest BCUT2D eigenvalue weighted by molar-refractivity contribution is 0.252. The van der Waals surface area contributed by atoms with Gasteiger partial charge in [-0.1, -0.05) is 101 Å². The van der Waals surface area contributed by atoms with Crippen LogP contribution in [0.2, 0.25) is 0 Å². The summed E-state index contributed by atoms with van der Waals surface area (Å²) in [6, 6.07) is 18.5. The minimum absolute atomic E-state index is 0.0423. The lowest BCUT2D eigenvalue weighted by atomic mass is 9.78. The molecule has 0 spiro atoms. The first kappa shape index (κ1) is 24.5. The first-order chi connectivity index (χ1) is 16.7. The number of fused-ring (bicyclic) bond motifs is 1. The molecule has 0 nitrogen and oxygen atoms in total. The zero-order valence-corrected chi connectivity index (χ0v) is 21.0. The summed E-state index contributed by atoms with van der Waals surface area (Å²) in [7, 11) is 0. The summed E-state index contributed by atoms with van der Waals surface area (Å²) in [5, 5.41) is 1.65. The second-order valence-corrected chi connectivity index (χ2v) is 10.2. The fourth-order valence-corrected chi connectivity index (χ4v) is 5.46. The zero-order chi connectivity index (χ0) is 23.8. The van der Waals surface area contributed by atoms with E-state index in [9.17, 15) is 0 Å². The molecule has 0 radical (unpaired) electrons. The van der Waals surface area contributed by atoms with E-state index in [-0.39, 0.29) is 5.82 Å². The van der Waals surface area contributed by atoms with Crippen molar-refractivity contribution < 1.29 is 4.39 Å². The first-order valence-corrected chi connectivity index (χ1v) is 13.5. The van der Waals surface area contributed by atoms with Crippen LogP contribution in [-0.4, -0.2) is 0 Å². The molecular formula is C33H39F. The molecule has 0 N–H and O–H groups in total. The molecule has 0 bridgehead atoms. The highest BCUT2D eigenvalue weighted by atomic mass is 19.1. The Balaban J connectivity index is 1.39. The van der Waals surface area contributed by atoms with Crippen molar-refractivity contribution in [1.29, 1.82) is 0 Å². The molecule has 34 heavy (non-hydrogen) atoms. The number of benzene rings is 3. The van der Waals surface area contributed by atoms with E-state index < -0.39 is 0 Å². The number of unbranched alkanes of at least 4 members (excludes halogenated alkanes) is 1. The van der Waals surface area contributed by atoms with Gasteiger partial charge >= 0.3 is 0 Å². The summed E-state index contributed by atoms with van der Waals surface area (Å²) < 4.78 is 15.3. The lowest BCUT2D eigenvalue weighted by Crippen LogP contribution is -2.15.